The average molecular weight is 544 g/mol. The highest BCUT2D eigenvalue weighted by Crippen LogP contribution is 2.25. The Balaban J connectivity index is 1.87. The van der Waals surface area contributed by atoms with Gasteiger partial charge in [-0.25, -0.2) is 9.78 Å². The minimum Gasteiger partial charge on any atom is -0.460 e. The molecule has 0 unspecified atom stereocenters. The second-order valence-corrected chi connectivity index (χ2v) is 10.1. The number of hydrogen-bond donors (Lipinski definition) is 3. The highest BCUT2D eigenvalue weighted by Gasteiger charge is 2.39. The zero-order valence-corrected chi connectivity index (χ0v) is 22.5. The van der Waals surface area contributed by atoms with Crippen LogP contribution in [0.2, 0.25) is 0 Å². The summed E-state index contributed by atoms with van der Waals surface area (Å²) in [4.78, 5) is 56.6. The number of aliphatic hydroxyl groups is 2. The number of ketones is 1. The third-order valence-corrected chi connectivity index (χ3v) is 6.74. The third-order valence-electron chi connectivity index (χ3n) is 6.74. The standard InChI is InChI=1S/C28H37N3O8/c1-17-6-4-10-29-24(35)9-8-18(2)26(19(3)15-32)39-28(37)23-7-5-11-31(23)27(36)22-16-38-25(30-22)14-21(34)13-20(33)12-17/h4,6,8-9,12,16,18-20,23,26,32-33H,5,7,10-11,13-15H2,1-3H3,(H,29,35)/b6-4?,9-8+,17-12?/t18-,19-,20-,23-,26+/m1/s1. The van der Waals surface area contributed by atoms with Crippen molar-refractivity contribution in [3.8, 4) is 0 Å². The van der Waals surface area contributed by atoms with Gasteiger partial charge in [0, 0.05) is 38.0 Å². The lowest BCUT2D eigenvalue weighted by atomic mass is 9.93. The van der Waals surface area contributed by atoms with Crippen LogP contribution < -0.4 is 5.32 Å². The minimum absolute atomic E-state index is 0.0279. The number of allylic oxidation sites excluding steroid dienone is 2. The molecule has 0 aliphatic carbocycles. The number of aliphatic hydroxyl groups excluding tert-OH is 2. The second-order valence-electron chi connectivity index (χ2n) is 10.1. The summed E-state index contributed by atoms with van der Waals surface area (Å²) < 4.78 is 11.1. The van der Waals surface area contributed by atoms with Gasteiger partial charge in [0.15, 0.2) is 5.69 Å². The topological polar surface area (TPSA) is 159 Å². The molecule has 3 heterocycles. The maximum atomic E-state index is 13.2. The number of aromatic nitrogens is 1. The van der Waals surface area contributed by atoms with E-state index in [9.17, 15) is 29.4 Å². The molecule has 0 aromatic carbocycles. The predicted octanol–water partition coefficient (Wildman–Crippen LogP) is 1.51. The van der Waals surface area contributed by atoms with Crippen molar-refractivity contribution in [1.29, 1.82) is 0 Å². The molecular weight excluding hydrogens is 506 g/mol. The molecule has 2 bridgehead atoms. The van der Waals surface area contributed by atoms with Crippen LogP contribution in [0.5, 0.6) is 0 Å². The first kappa shape index (κ1) is 30.0. The fraction of sp³-hybridized carbons (Fsp3) is 0.536. The lowest BCUT2D eigenvalue weighted by Crippen LogP contribution is -2.44. The van der Waals surface area contributed by atoms with Gasteiger partial charge in [-0.2, -0.15) is 0 Å². The molecule has 3 N–H and O–H groups in total. The van der Waals surface area contributed by atoms with Crippen LogP contribution in [0.1, 0.15) is 56.4 Å². The summed E-state index contributed by atoms with van der Waals surface area (Å²) in [6.07, 6.45) is 7.96. The summed E-state index contributed by atoms with van der Waals surface area (Å²) >= 11 is 0. The second kappa shape index (κ2) is 14.0. The van der Waals surface area contributed by atoms with Crippen molar-refractivity contribution in [1.82, 2.24) is 15.2 Å². The van der Waals surface area contributed by atoms with E-state index in [0.717, 1.165) is 6.26 Å². The summed E-state index contributed by atoms with van der Waals surface area (Å²) in [6.45, 7) is 5.61. The van der Waals surface area contributed by atoms with Crippen LogP contribution in [-0.2, 0) is 25.5 Å². The first-order valence-corrected chi connectivity index (χ1v) is 13.2. The Labute approximate surface area is 227 Å². The molecule has 212 valence electrons. The Hall–Kier alpha value is -3.57. The fourth-order valence-corrected chi connectivity index (χ4v) is 4.65. The van der Waals surface area contributed by atoms with E-state index in [1.165, 1.54) is 17.1 Å². The zero-order chi connectivity index (χ0) is 28.5. The Bertz CT molecular complexity index is 1140. The van der Waals surface area contributed by atoms with Crippen molar-refractivity contribution in [3.05, 3.63) is 53.8 Å². The van der Waals surface area contributed by atoms with Gasteiger partial charge in [0.25, 0.3) is 5.91 Å². The fourth-order valence-electron chi connectivity index (χ4n) is 4.65. The molecule has 11 heteroatoms. The summed E-state index contributed by atoms with van der Waals surface area (Å²) in [6, 6.07) is -0.842. The van der Waals surface area contributed by atoms with Crippen LogP contribution >= 0.6 is 0 Å². The molecule has 1 fully saturated rings. The first-order valence-electron chi connectivity index (χ1n) is 13.2. The number of carbonyl (C=O) groups excluding carboxylic acids is 4. The Morgan fingerprint density at radius 2 is 2.00 bits per heavy atom. The molecule has 1 saturated heterocycles. The van der Waals surface area contributed by atoms with E-state index in [4.69, 9.17) is 9.15 Å². The molecule has 39 heavy (non-hydrogen) atoms. The molecule has 1 aromatic rings. The number of cyclic esters (lactones) is 1. The number of nitrogens with one attached hydrogen (secondary N) is 1. The van der Waals surface area contributed by atoms with E-state index in [2.05, 4.69) is 10.3 Å². The van der Waals surface area contributed by atoms with Crippen molar-refractivity contribution in [2.75, 3.05) is 19.7 Å². The van der Waals surface area contributed by atoms with E-state index < -0.39 is 42.0 Å². The van der Waals surface area contributed by atoms with Crippen molar-refractivity contribution >= 4 is 23.6 Å². The van der Waals surface area contributed by atoms with Crippen molar-refractivity contribution in [3.63, 3.8) is 0 Å². The summed E-state index contributed by atoms with van der Waals surface area (Å²) in [5.74, 6) is -2.56. The number of amides is 2. The largest absolute Gasteiger partial charge is 0.460 e. The van der Waals surface area contributed by atoms with Gasteiger partial charge in [-0.05, 0) is 25.8 Å². The van der Waals surface area contributed by atoms with Gasteiger partial charge in [-0.3, -0.25) is 14.4 Å². The van der Waals surface area contributed by atoms with Crippen LogP contribution in [0, 0.1) is 11.8 Å². The maximum Gasteiger partial charge on any atom is 0.329 e. The zero-order valence-electron chi connectivity index (χ0n) is 22.5. The molecule has 11 nitrogen and oxygen atoms in total. The van der Waals surface area contributed by atoms with Crippen molar-refractivity contribution in [2.45, 2.75) is 64.7 Å². The molecule has 2 aliphatic heterocycles. The van der Waals surface area contributed by atoms with Crippen LogP contribution in [-0.4, -0.2) is 81.6 Å². The molecule has 3 rings (SSSR count). The maximum absolute atomic E-state index is 13.2. The number of nitrogens with zero attached hydrogens (tertiary/aromatic N) is 2. The van der Waals surface area contributed by atoms with Gasteiger partial charge >= 0.3 is 5.97 Å². The van der Waals surface area contributed by atoms with E-state index in [1.54, 1.807) is 39.0 Å². The van der Waals surface area contributed by atoms with Gasteiger partial charge in [-0.1, -0.05) is 43.7 Å². The monoisotopic (exact) mass is 543 g/mol. The van der Waals surface area contributed by atoms with Crippen LogP contribution in [0.3, 0.4) is 0 Å². The van der Waals surface area contributed by atoms with Gasteiger partial charge in [0.1, 0.15) is 24.2 Å². The van der Waals surface area contributed by atoms with E-state index >= 15 is 0 Å². The van der Waals surface area contributed by atoms with Crippen LogP contribution in [0.15, 0.2) is 46.6 Å². The van der Waals surface area contributed by atoms with E-state index in [-0.39, 0.29) is 49.3 Å². The number of carbonyl (C=O) groups is 4. The number of oxazole rings is 1. The van der Waals surface area contributed by atoms with Gasteiger partial charge in [0.2, 0.25) is 11.8 Å². The SMILES string of the molecule is CC1=C[C@@H](O)CC(=O)Cc2nc(co2)C(=O)N2CCC[C@@H]2C(=O)O[C@H]([C@H](C)CO)[C@H](C)/C=C/C(=O)NCC=C1. The number of esters is 1. The molecule has 5 atom stereocenters. The molecule has 0 radical (unpaired) electrons. The van der Waals surface area contributed by atoms with Gasteiger partial charge < -0.3 is 29.6 Å². The summed E-state index contributed by atoms with van der Waals surface area (Å²) in [7, 11) is 0. The Morgan fingerprint density at radius 3 is 2.74 bits per heavy atom. The quantitative estimate of drug-likeness (QED) is 0.470. The summed E-state index contributed by atoms with van der Waals surface area (Å²) in [5.41, 5.74) is 0.679. The highest BCUT2D eigenvalue weighted by atomic mass is 16.5. The van der Waals surface area contributed by atoms with E-state index in [0.29, 0.717) is 25.0 Å². The third kappa shape index (κ3) is 8.46. The van der Waals surface area contributed by atoms with Crippen LogP contribution in [0.25, 0.3) is 0 Å². The molecule has 2 amide bonds. The Kier molecular flexibility index (Phi) is 10.8. The normalized spacial score (nSPS) is 27.8. The number of Topliss-reactive ketones (excluding diaryl/α,β-unsaturated/α-hetero) is 1. The average Bonchev–Trinajstić information content (AvgIpc) is 3.57. The molecule has 2 aliphatic rings. The lowest BCUT2D eigenvalue weighted by molar-refractivity contribution is -0.159. The first-order chi connectivity index (χ1) is 18.6. The number of ether oxygens (including phenoxy) is 1. The van der Waals surface area contributed by atoms with Crippen molar-refractivity contribution < 1.29 is 38.5 Å². The molecule has 0 spiro atoms. The lowest BCUT2D eigenvalue weighted by Gasteiger charge is -2.30. The number of hydrogen-bond acceptors (Lipinski definition) is 9. The van der Waals surface area contributed by atoms with E-state index in [1.807, 2.05) is 0 Å². The number of rotatable bonds is 2. The van der Waals surface area contributed by atoms with Crippen molar-refractivity contribution in [2.24, 2.45) is 11.8 Å². The smallest absolute Gasteiger partial charge is 0.329 e. The van der Waals surface area contributed by atoms with Gasteiger partial charge in [-0.15, -0.1) is 0 Å². The molecule has 1 aromatic heterocycles. The molecular formula is C28H37N3O8. The van der Waals surface area contributed by atoms with Crippen LogP contribution in [0.4, 0.5) is 0 Å². The minimum atomic E-state index is -1.02. The number of fused-ring (bicyclic) bond motifs is 3. The van der Waals surface area contributed by atoms with Gasteiger partial charge in [0.05, 0.1) is 12.5 Å². The Morgan fingerprint density at radius 1 is 1.23 bits per heavy atom. The predicted molar refractivity (Wildman–Crippen MR) is 140 cm³/mol. The highest BCUT2D eigenvalue weighted by molar-refractivity contribution is 5.95. The molecule has 0 saturated carbocycles. The summed E-state index contributed by atoms with van der Waals surface area (Å²) in [5, 5.41) is 22.7.